The maximum absolute atomic E-state index is 14.5. The van der Waals surface area contributed by atoms with Crippen LogP contribution in [0.1, 0.15) is 36.7 Å². The highest BCUT2D eigenvalue weighted by atomic mass is 19.3. The van der Waals surface area contributed by atoms with Gasteiger partial charge >= 0.3 is 0 Å². The van der Waals surface area contributed by atoms with Gasteiger partial charge in [0.2, 0.25) is 5.88 Å². The normalized spacial score (nSPS) is 12.5. The average molecular weight is 451 g/mol. The highest BCUT2D eigenvalue weighted by molar-refractivity contribution is 5.98. The van der Waals surface area contributed by atoms with Crippen LogP contribution in [0, 0.1) is 11.6 Å². The first-order valence-corrected chi connectivity index (χ1v) is 9.76. The van der Waals surface area contributed by atoms with Gasteiger partial charge in [-0.3, -0.25) is 4.79 Å². The third-order valence-electron chi connectivity index (χ3n) is 4.75. The minimum atomic E-state index is -3.24. The molecule has 0 spiro atoms. The van der Waals surface area contributed by atoms with E-state index >= 15 is 0 Å². The summed E-state index contributed by atoms with van der Waals surface area (Å²) in [5.41, 5.74) is -0.641. The Kier molecular flexibility index (Phi) is 6.75. The van der Waals surface area contributed by atoms with Gasteiger partial charge in [-0.2, -0.15) is 10.2 Å². The highest BCUT2D eigenvalue weighted by Gasteiger charge is 2.28. The largest absolute Gasteiger partial charge is 0.473 e. The highest BCUT2D eigenvalue weighted by Crippen LogP contribution is 2.29. The summed E-state index contributed by atoms with van der Waals surface area (Å²) in [6, 6.07) is 4.12. The van der Waals surface area contributed by atoms with Crippen LogP contribution in [0.2, 0.25) is 0 Å². The number of nitrogens with zero attached hydrogens (tertiary/aromatic N) is 5. The fourth-order valence-electron chi connectivity index (χ4n) is 3.09. The molecule has 0 fully saturated rings. The molecule has 1 amide bonds. The second-order valence-corrected chi connectivity index (χ2v) is 7.11. The fraction of sp³-hybridized carbons (Fsp3) is 0.333. The maximum Gasteiger partial charge on any atom is 0.272 e. The van der Waals surface area contributed by atoms with E-state index in [4.69, 9.17) is 4.74 Å². The molecule has 0 unspecified atom stereocenters. The van der Waals surface area contributed by atoms with Crippen LogP contribution in [0.5, 0.6) is 5.88 Å². The van der Waals surface area contributed by atoms with Crippen LogP contribution < -0.4 is 4.74 Å². The third-order valence-corrected chi connectivity index (χ3v) is 4.75. The quantitative estimate of drug-likeness (QED) is 0.485. The van der Waals surface area contributed by atoms with Gasteiger partial charge in [-0.1, -0.05) is 6.07 Å². The Morgan fingerprint density at radius 3 is 2.50 bits per heavy atom. The molecular formula is C21H21F4N5O2. The number of carbonyl (C=O) groups excluding carboxylic acids is 1. The molecule has 1 aromatic carbocycles. The SMILES string of the molecule is CCN(C(=O)c1cccc(F)c1-n1nccn1)[C@@H](C)COc1ncc(C(C)(F)F)cc1F. The monoisotopic (exact) mass is 451 g/mol. The van der Waals surface area contributed by atoms with Crippen molar-refractivity contribution in [3.8, 4) is 11.6 Å². The molecule has 0 aliphatic rings. The summed E-state index contributed by atoms with van der Waals surface area (Å²) in [4.78, 5) is 19.2. The molecule has 0 saturated carbocycles. The summed E-state index contributed by atoms with van der Waals surface area (Å²) < 4.78 is 60.6. The number of rotatable bonds is 8. The van der Waals surface area contributed by atoms with E-state index in [0.717, 1.165) is 11.0 Å². The van der Waals surface area contributed by atoms with E-state index in [1.165, 1.54) is 35.5 Å². The number of ether oxygens (including phenoxy) is 1. The van der Waals surface area contributed by atoms with Gasteiger partial charge in [0.25, 0.3) is 11.8 Å². The topological polar surface area (TPSA) is 73.1 Å². The van der Waals surface area contributed by atoms with Crippen LogP contribution in [0.4, 0.5) is 17.6 Å². The zero-order valence-electron chi connectivity index (χ0n) is 17.6. The van der Waals surface area contributed by atoms with Crippen molar-refractivity contribution in [2.75, 3.05) is 13.2 Å². The van der Waals surface area contributed by atoms with Crippen molar-refractivity contribution in [1.29, 1.82) is 0 Å². The van der Waals surface area contributed by atoms with E-state index < -0.39 is 40.9 Å². The summed E-state index contributed by atoms with van der Waals surface area (Å²) in [6.07, 6.45) is 3.55. The zero-order valence-corrected chi connectivity index (χ0v) is 17.6. The summed E-state index contributed by atoms with van der Waals surface area (Å²) in [7, 11) is 0. The standard InChI is InChI=1S/C21H21F4N5O2/c1-4-29(13(2)12-32-19-17(23)10-14(11-26-19)21(3,24)25)20(31)15-6-5-7-16(22)18(15)30-27-8-9-28-30/h5-11,13H,4,12H2,1-3H3/t13-/m0/s1. The van der Waals surface area contributed by atoms with E-state index in [-0.39, 0.29) is 24.4 Å². The molecule has 2 heterocycles. The number of likely N-dealkylation sites (N-methyl/N-ethyl adjacent to an activating group) is 1. The van der Waals surface area contributed by atoms with Crippen molar-refractivity contribution in [1.82, 2.24) is 24.9 Å². The second-order valence-electron chi connectivity index (χ2n) is 7.11. The minimum absolute atomic E-state index is 0.0359. The third kappa shape index (κ3) is 4.87. The number of hydrogen-bond donors (Lipinski definition) is 0. The van der Waals surface area contributed by atoms with Crippen LogP contribution >= 0.6 is 0 Å². The van der Waals surface area contributed by atoms with Gasteiger partial charge in [0.15, 0.2) is 11.6 Å². The zero-order chi connectivity index (χ0) is 23.5. The van der Waals surface area contributed by atoms with Gasteiger partial charge in [0, 0.05) is 25.2 Å². The molecule has 0 N–H and O–H groups in total. The van der Waals surface area contributed by atoms with Crippen LogP contribution in [0.25, 0.3) is 5.69 Å². The van der Waals surface area contributed by atoms with E-state index in [9.17, 15) is 22.4 Å². The summed E-state index contributed by atoms with van der Waals surface area (Å²) in [6.45, 7) is 4.07. The predicted molar refractivity (Wildman–Crippen MR) is 107 cm³/mol. The molecular weight excluding hydrogens is 430 g/mol. The summed E-state index contributed by atoms with van der Waals surface area (Å²) in [5.74, 6) is -5.92. The van der Waals surface area contributed by atoms with Crippen LogP contribution in [-0.2, 0) is 5.92 Å². The predicted octanol–water partition coefficient (Wildman–Crippen LogP) is 3.98. The molecule has 2 aromatic heterocycles. The molecule has 0 saturated heterocycles. The van der Waals surface area contributed by atoms with Gasteiger partial charge in [-0.05, 0) is 32.0 Å². The van der Waals surface area contributed by atoms with Gasteiger partial charge in [0.1, 0.15) is 12.3 Å². The molecule has 0 aliphatic heterocycles. The van der Waals surface area contributed by atoms with Gasteiger partial charge in [0.05, 0.1) is 24.0 Å². The Morgan fingerprint density at radius 1 is 1.22 bits per heavy atom. The number of alkyl halides is 2. The number of aromatic nitrogens is 4. The Morgan fingerprint density at radius 2 is 1.91 bits per heavy atom. The fourth-order valence-corrected chi connectivity index (χ4v) is 3.09. The summed E-state index contributed by atoms with van der Waals surface area (Å²) in [5, 5.41) is 7.79. The first kappa shape index (κ1) is 23.2. The molecule has 7 nitrogen and oxygen atoms in total. The van der Waals surface area contributed by atoms with E-state index in [1.54, 1.807) is 13.8 Å². The molecule has 0 radical (unpaired) electrons. The lowest BCUT2D eigenvalue weighted by Crippen LogP contribution is -2.42. The van der Waals surface area contributed by atoms with E-state index in [0.29, 0.717) is 13.0 Å². The Balaban J connectivity index is 1.78. The Bertz CT molecular complexity index is 1090. The van der Waals surface area contributed by atoms with Crippen LogP contribution in [0.15, 0.2) is 42.9 Å². The van der Waals surface area contributed by atoms with Crippen LogP contribution in [-0.4, -0.2) is 50.0 Å². The average Bonchev–Trinajstić information content (AvgIpc) is 3.26. The number of para-hydroxylation sites is 1. The summed E-state index contributed by atoms with van der Waals surface area (Å²) >= 11 is 0. The van der Waals surface area contributed by atoms with Crippen molar-refractivity contribution >= 4 is 5.91 Å². The van der Waals surface area contributed by atoms with Crippen molar-refractivity contribution in [2.45, 2.75) is 32.7 Å². The van der Waals surface area contributed by atoms with E-state index in [2.05, 4.69) is 15.2 Å². The van der Waals surface area contributed by atoms with Gasteiger partial charge in [-0.25, -0.2) is 22.5 Å². The van der Waals surface area contributed by atoms with Gasteiger partial charge in [-0.15, -0.1) is 4.80 Å². The molecule has 1 atom stereocenters. The van der Waals surface area contributed by atoms with Crippen molar-refractivity contribution < 1.29 is 27.1 Å². The molecule has 3 rings (SSSR count). The first-order valence-electron chi connectivity index (χ1n) is 9.76. The Hall–Kier alpha value is -3.50. The minimum Gasteiger partial charge on any atom is -0.473 e. The van der Waals surface area contributed by atoms with Gasteiger partial charge < -0.3 is 9.64 Å². The van der Waals surface area contributed by atoms with Crippen LogP contribution in [0.3, 0.4) is 0 Å². The van der Waals surface area contributed by atoms with Crippen molar-refractivity contribution in [2.24, 2.45) is 0 Å². The van der Waals surface area contributed by atoms with Crippen molar-refractivity contribution in [3.05, 3.63) is 65.6 Å². The Labute approximate surface area is 181 Å². The molecule has 170 valence electrons. The molecule has 11 heteroatoms. The van der Waals surface area contributed by atoms with Crippen molar-refractivity contribution in [3.63, 3.8) is 0 Å². The molecule has 0 aliphatic carbocycles. The lowest BCUT2D eigenvalue weighted by molar-refractivity contribution is 0.0165. The lowest BCUT2D eigenvalue weighted by Gasteiger charge is -2.28. The number of carbonyl (C=O) groups is 1. The molecule has 32 heavy (non-hydrogen) atoms. The lowest BCUT2D eigenvalue weighted by atomic mass is 10.1. The number of pyridine rings is 1. The molecule has 3 aromatic rings. The second kappa shape index (κ2) is 9.33. The number of amides is 1. The number of benzene rings is 1. The smallest absolute Gasteiger partial charge is 0.272 e. The maximum atomic E-state index is 14.5. The molecule has 0 bridgehead atoms. The first-order chi connectivity index (χ1) is 15.1. The number of hydrogen-bond acceptors (Lipinski definition) is 5. The van der Waals surface area contributed by atoms with E-state index in [1.807, 2.05) is 0 Å². The number of halogens is 4.